The van der Waals surface area contributed by atoms with Crippen LogP contribution < -0.4 is 29.4 Å². The molecule has 2 saturated heterocycles. The van der Waals surface area contributed by atoms with E-state index in [4.69, 9.17) is 27.9 Å². The number of nitrogens with zero attached hydrogens (tertiary/aromatic N) is 2. The van der Waals surface area contributed by atoms with Crippen molar-refractivity contribution in [2.45, 2.75) is 51.4 Å². The number of amides is 3. The number of hydrogen-bond acceptors (Lipinski definition) is 18. The van der Waals surface area contributed by atoms with Gasteiger partial charge in [-0.25, -0.2) is 22.7 Å². The van der Waals surface area contributed by atoms with Crippen molar-refractivity contribution in [2.24, 2.45) is 10.9 Å². The van der Waals surface area contributed by atoms with E-state index >= 15 is 0 Å². The molecular weight excluding hydrogens is 809 g/mol. The fourth-order valence-electron chi connectivity index (χ4n) is 5.49. The van der Waals surface area contributed by atoms with Crippen LogP contribution in [0.2, 0.25) is 0 Å². The van der Waals surface area contributed by atoms with Crippen LogP contribution in [0.1, 0.15) is 39.2 Å². The summed E-state index contributed by atoms with van der Waals surface area (Å²) in [5.41, 5.74) is -0.0299. The van der Waals surface area contributed by atoms with Crippen molar-refractivity contribution < 1.29 is 78.9 Å². The minimum atomic E-state index is -6.49. The highest BCUT2D eigenvalue weighted by Crippen LogP contribution is 2.66. The Bertz CT molecular complexity index is 1990. The van der Waals surface area contributed by atoms with Crippen molar-refractivity contribution >= 4 is 83.6 Å². The number of carbonyl (C=O) groups excluding carboxylic acids is 3. The summed E-state index contributed by atoms with van der Waals surface area (Å²) in [6.07, 6.45) is -0.248. The van der Waals surface area contributed by atoms with E-state index in [1.165, 1.54) is 17.0 Å². The Hall–Kier alpha value is -2.08. The zero-order valence-electron chi connectivity index (χ0n) is 26.2. The van der Waals surface area contributed by atoms with Crippen LogP contribution in [-0.4, -0.2) is 53.8 Å². The molecule has 0 saturated carbocycles. The number of rotatable bonds is 12. The zero-order valence-corrected chi connectivity index (χ0v) is 31.3. The topological polar surface area (TPSA) is 295 Å². The van der Waals surface area contributed by atoms with Crippen molar-refractivity contribution in [2.75, 3.05) is 13.2 Å². The summed E-state index contributed by atoms with van der Waals surface area (Å²) in [5, 5.41) is 1.73. The molecule has 3 amide bonds. The highest BCUT2D eigenvalue weighted by Gasteiger charge is 2.42. The maximum absolute atomic E-state index is 12.5. The Morgan fingerprint density at radius 2 is 1.61 bits per heavy atom. The normalized spacial score (nSPS) is 27.9. The molecule has 1 aliphatic carbocycles. The second-order valence-electron chi connectivity index (χ2n) is 11.9. The lowest BCUT2D eigenvalue weighted by Crippen LogP contribution is -2.57. The predicted molar refractivity (Wildman–Crippen MR) is 166 cm³/mol. The number of urea groups is 1. The summed E-state index contributed by atoms with van der Waals surface area (Å²) >= 11 is 12.2. The summed E-state index contributed by atoms with van der Waals surface area (Å²) in [4.78, 5) is 90.8. The molecule has 2 fully saturated rings. The van der Waals surface area contributed by atoms with E-state index < -0.39 is 85.0 Å². The molecule has 51 heavy (non-hydrogen) atoms. The van der Waals surface area contributed by atoms with Gasteiger partial charge in [0.2, 0.25) is 11.7 Å². The number of allylic oxidation sites excluding steroid dienone is 4. The number of halogens is 2. The maximum Gasteiger partial charge on any atom is 0.326 e. The average Bonchev–Trinajstić information content (AvgIpc) is 3.44. The Labute approximate surface area is 298 Å². The quantitative estimate of drug-likeness (QED) is 0.233. The molecule has 5 unspecified atom stereocenters. The highest BCUT2D eigenvalue weighted by atomic mass is 35.5. The number of nitrogens with one attached hydrogen (secondary N) is 1. The first kappa shape index (κ1) is 40.1. The lowest BCUT2D eigenvalue weighted by atomic mass is 9.71. The summed E-state index contributed by atoms with van der Waals surface area (Å²) in [6, 6.07) is 2.72. The van der Waals surface area contributed by atoms with E-state index in [2.05, 4.69) is 32.3 Å². The summed E-state index contributed by atoms with van der Waals surface area (Å²) in [5.74, 6) is -2.25. The zero-order chi connectivity index (χ0) is 37.9. The molecular formula is C25H25Cl2N3O17P4-4. The molecule has 0 radical (unpaired) electrons. The number of ketones is 1. The van der Waals surface area contributed by atoms with Crippen LogP contribution in [0.25, 0.3) is 0 Å². The van der Waals surface area contributed by atoms with Crippen molar-refractivity contribution in [1.29, 1.82) is 0 Å². The standard InChI is InChI=1S/C25H29Cl2N3O17P4/c1-12-10-30(24(33)29-23(12)32)19-7-5-14(43-19)11-42-48(34,35)45-50(38,39)47-51(40,41)46-49(36,37)44-13-4-6-17-15(8-13)25(2,3)20-18(28-17)9-16(26)22(31)21(20)27/h4,6,8-9,12,14,19H,5,7,10-11H2,1-3H3,(H,34,35)(H,36,37)(H,38,39)(H,40,41)(H,29,32,33)/p-4/t12?,14-,19+/m0/s1. The van der Waals surface area contributed by atoms with Crippen LogP contribution in [0, 0.1) is 5.92 Å². The number of Topliss-reactive ketones (excluding diaryl/α,β-unsaturated/α-hetero) is 1. The van der Waals surface area contributed by atoms with Crippen LogP contribution in [0.5, 0.6) is 5.75 Å². The third kappa shape index (κ3) is 9.18. The first-order chi connectivity index (χ1) is 23.4. The van der Waals surface area contributed by atoms with E-state index in [1.54, 1.807) is 20.8 Å². The second kappa shape index (κ2) is 14.3. The number of benzene rings is 1. The minimum absolute atomic E-state index is 0.0216. The van der Waals surface area contributed by atoms with Gasteiger partial charge in [-0.2, -0.15) is 0 Å². The van der Waals surface area contributed by atoms with Crippen LogP contribution in [-0.2, 0) is 55.5 Å². The Balaban J connectivity index is 1.18. The molecule has 0 bridgehead atoms. The molecule has 3 heterocycles. The molecule has 1 N–H and O–H groups in total. The van der Waals surface area contributed by atoms with E-state index in [-0.39, 0.29) is 52.0 Å². The van der Waals surface area contributed by atoms with Gasteiger partial charge in [0.05, 0.1) is 40.1 Å². The first-order valence-corrected chi connectivity index (χ1v) is 21.0. The van der Waals surface area contributed by atoms with Gasteiger partial charge >= 0.3 is 13.9 Å². The first-order valence-electron chi connectivity index (χ1n) is 14.4. The van der Waals surface area contributed by atoms with Crippen molar-refractivity contribution in [3.63, 3.8) is 0 Å². The number of imide groups is 1. The molecule has 7 atom stereocenters. The maximum atomic E-state index is 12.5. The van der Waals surface area contributed by atoms with Gasteiger partial charge in [0, 0.05) is 17.5 Å². The number of phosphoric ester groups is 2. The number of hydrogen-bond donors (Lipinski definition) is 1. The fourth-order valence-corrected chi connectivity index (χ4v) is 10.9. The van der Waals surface area contributed by atoms with Gasteiger partial charge in [-0.1, -0.05) is 44.0 Å². The van der Waals surface area contributed by atoms with Crippen LogP contribution >= 0.6 is 54.5 Å². The van der Waals surface area contributed by atoms with Gasteiger partial charge in [0.15, 0.2) is 0 Å². The predicted octanol–water partition coefficient (Wildman–Crippen LogP) is 2.26. The van der Waals surface area contributed by atoms with E-state index in [9.17, 15) is 52.2 Å². The fraction of sp³-hybridized carbons (Fsp3) is 0.440. The Morgan fingerprint density at radius 1 is 0.980 bits per heavy atom. The lowest BCUT2D eigenvalue weighted by Gasteiger charge is -2.37. The number of phosphoric acid groups is 4. The average molecular weight is 834 g/mol. The SMILES string of the molecule is CC1CN([C@H]2CC[C@@H](COP(=O)([O-])OP(=O)([O-])OP(=O)([O-])OP(=O)([O-])Oc3ccc4c(c3)C(C)(C)C3=C(Cl)C(=O)C(Cl)=CC3=N4)O2)C(=O)NC1=O. The van der Waals surface area contributed by atoms with Crippen molar-refractivity contribution in [1.82, 2.24) is 10.2 Å². The summed E-state index contributed by atoms with van der Waals surface area (Å²) < 4.78 is 74.9. The molecule has 0 aromatic heterocycles. The van der Waals surface area contributed by atoms with Crippen LogP contribution in [0.3, 0.4) is 0 Å². The Morgan fingerprint density at radius 3 is 2.27 bits per heavy atom. The number of ether oxygens (including phenoxy) is 1. The van der Waals surface area contributed by atoms with Gasteiger partial charge in [-0.15, -0.1) is 0 Å². The molecule has 1 aromatic rings. The largest absolute Gasteiger partial charge is 0.756 e. The van der Waals surface area contributed by atoms with E-state index in [0.717, 1.165) is 12.1 Å². The number of carbonyl (C=O) groups is 3. The van der Waals surface area contributed by atoms with E-state index in [1.807, 2.05) is 0 Å². The van der Waals surface area contributed by atoms with Gasteiger partial charge in [-0.05, 0) is 42.7 Å². The second-order valence-corrected chi connectivity index (χ2v) is 18.6. The Kier molecular flexibility index (Phi) is 11.2. The summed E-state index contributed by atoms with van der Waals surface area (Å²) in [6.45, 7) is 3.99. The molecule has 5 rings (SSSR count). The van der Waals surface area contributed by atoms with Gasteiger partial charge in [0.1, 0.15) is 12.0 Å². The monoisotopic (exact) mass is 833 g/mol. The van der Waals surface area contributed by atoms with Crippen LogP contribution in [0.4, 0.5) is 10.5 Å². The molecule has 20 nitrogen and oxygen atoms in total. The molecule has 26 heteroatoms. The molecule has 3 aliphatic heterocycles. The number of aliphatic imine (C=N–C) groups is 1. The minimum Gasteiger partial charge on any atom is -0.756 e. The smallest absolute Gasteiger partial charge is 0.326 e. The van der Waals surface area contributed by atoms with Crippen molar-refractivity contribution in [3.05, 3.63) is 45.5 Å². The van der Waals surface area contributed by atoms with Crippen molar-refractivity contribution in [3.8, 4) is 5.75 Å². The lowest BCUT2D eigenvalue weighted by molar-refractivity contribution is -0.253. The summed E-state index contributed by atoms with van der Waals surface area (Å²) in [7, 11) is -24.9. The van der Waals surface area contributed by atoms with Gasteiger partial charge in [0.25, 0.3) is 23.5 Å². The van der Waals surface area contributed by atoms with Gasteiger partial charge < -0.3 is 33.4 Å². The van der Waals surface area contributed by atoms with Gasteiger partial charge in [-0.3, -0.25) is 38.1 Å². The molecule has 4 aliphatic rings. The van der Waals surface area contributed by atoms with Crippen LogP contribution in [0.15, 0.2) is 44.9 Å². The third-order valence-corrected chi connectivity index (χ3v) is 14.1. The highest BCUT2D eigenvalue weighted by molar-refractivity contribution is 7.68. The number of fused-ring (bicyclic) bond motifs is 2. The molecule has 0 spiro atoms. The molecule has 1 aromatic carbocycles. The van der Waals surface area contributed by atoms with E-state index in [0.29, 0.717) is 0 Å². The molecule has 280 valence electrons. The third-order valence-electron chi connectivity index (χ3n) is 7.74.